The van der Waals surface area contributed by atoms with E-state index in [-0.39, 0.29) is 11.7 Å². The Kier molecular flexibility index (Phi) is 3.37. The van der Waals surface area contributed by atoms with Gasteiger partial charge in [0.05, 0.1) is 11.6 Å². The molecule has 0 amide bonds. The summed E-state index contributed by atoms with van der Waals surface area (Å²) in [7, 11) is 0. The van der Waals surface area contributed by atoms with Gasteiger partial charge >= 0.3 is 5.97 Å². The zero-order chi connectivity index (χ0) is 14.1. The minimum absolute atomic E-state index is 0.0584. The molecular weight excluding hydrogens is 294 g/mol. The number of aromatic nitrogens is 2. The highest BCUT2D eigenvalue weighted by molar-refractivity contribution is 7.12. The summed E-state index contributed by atoms with van der Waals surface area (Å²) >= 11 is 2.74. The van der Waals surface area contributed by atoms with Crippen LogP contribution in [0.15, 0.2) is 29.6 Å². The fourth-order valence-electron chi connectivity index (χ4n) is 1.84. The number of aromatic carboxylic acids is 1. The summed E-state index contributed by atoms with van der Waals surface area (Å²) in [5, 5.41) is 16.6. The molecule has 2 heterocycles. The Morgan fingerprint density at radius 3 is 2.95 bits per heavy atom. The van der Waals surface area contributed by atoms with E-state index in [4.69, 9.17) is 5.11 Å². The number of fused-ring (bicyclic) bond motifs is 1. The molecule has 2 aromatic heterocycles. The van der Waals surface area contributed by atoms with Crippen molar-refractivity contribution in [2.75, 3.05) is 5.32 Å². The lowest BCUT2D eigenvalue weighted by atomic mass is 10.2. The Bertz CT molecular complexity index is 766. The van der Waals surface area contributed by atoms with Gasteiger partial charge < -0.3 is 10.4 Å². The van der Waals surface area contributed by atoms with Gasteiger partial charge in [0.2, 0.25) is 0 Å². The van der Waals surface area contributed by atoms with Crippen LogP contribution in [0.25, 0.3) is 10.9 Å². The summed E-state index contributed by atoms with van der Waals surface area (Å²) in [6, 6.07) is 7.84. The highest BCUT2D eigenvalue weighted by Crippen LogP contribution is 2.31. The summed E-state index contributed by atoms with van der Waals surface area (Å²) in [6.07, 6.45) is 0. The maximum atomic E-state index is 10.8. The second kappa shape index (κ2) is 5.18. The number of hydrogen-bond acceptors (Lipinski definition) is 6. The Hall–Kier alpha value is -1.99. The second-order valence-corrected chi connectivity index (χ2v) is 5.93. The summed E-state index contributed by atoms with van der Waals surface area (Å²) < 4.78 is 4.37. The Morgan fingerprint density at radius 1 is 1.40 bits per heavy atom. The van der Waals surface area contributed by atoms with Gasteiger partial charge in [-0.1, -0.05) is 12.1 Å². The smallest absolute Gasteiger partial charge is 0.355 e. The molecule has 0 aliphatic heterocycles. The molecule has 0 radical (unpaired) electrons. The number of thiazole rings is 1. The van der Waals surface area contributed by atoms with Crippen molar-refractivity contribution in [1.82, 2.24) is 9.36 Å². The third-order valence-corrected chi connectivity index (χ3v) is 4.68. The first-order valence-electron chi connectivity index (χ1n) is 5.95. The first-order valence-corrected chi connectivity index (χ1v) is 7.60. The van der Waals surface area contributed by atoms with E-state index in [1.165, 1.54) is 22.9 Å². The van der Waals surface area contributed by atoms with Gasteiger partial charge in [-0.05, 0) is 30.6 Å². The number of hydrogen-bond donors (Lipinski definition) is 2. The first kappa shape index (κ1) is 13.0. The topological polar surface area (TPSA) is 75.1 Å². The molecule has 102 valence electrons. The first-order chi connectivity index (χ1) is 9.65. The maximum absolute atomic E-state index is 10.8. The van der Waals surface area contributed by atoms with Crippen molar-refractivity contribution < 1.29 is 9.90 Å². The third-order valence-electron chi connectivity index (χ3n) is 2.84. The molecule has 7 heteroatoms. The Balaban J connectivity index is 1.84. The lowest BCUT2D eigenvalue weighted by Crippen LogP contribution is -2.06. The molecule has 1 unspecified atom stereocenters. The SMILES string of the molecule is CC(Nc1snc2ccccc12)c1nc(C(=O)O)cs1. The number of carboxylic acid groups (broad SMARTS) is 1. The van der Waals surface area contributed by atoms with E-state index in [9.17, 15) is 4.79 Å². The van der Waals surface area contributed by atoms with Gasteiger partial charge in [-0.3, -0.25) is 0 Å². The molecule has 0 saturated carbocycles. The van der Waals surface area contributed by atoms with Crippen LogP contribution in [0, 0.1) is 0 Å². The quantitative estimate of drug-likeness (QED) is 0.770. The predicted octanol–water partition coefficient (Wildman–Crippen LogP) is 3.62. The van der Waals surface area contributed by atoms with Gasteiger partial charge in [0.1, 0.15) is 10.0 Å². The molecule has 0 saturated heterocycles. The number of benzene rings is 1. The van der Waals surface area contributed by atoms with E-state index < -0.39 is 5.97 Å². The molecule has 1 aromatic carbocycles. The molecule has 5 nitrogen and oxygen atoms in total. The van der Waals surface area contributed by atoms with E-state index >= 15 is 0 Å². The summed E-state index contributed by atoms with van der Waals surface area (Å²) in [5.41, 5.74) is 1.05. The highest BCUT2D eigenvalue weighted by Gasteiger charge is 2.15. The summed E-state index contributed by atoms with van der Waals surface area (Å²) in [6.45, 7) is 1.96. The number of nitrogens with one attached hydrogen (secondary N) is 1. The molecule has 0 aliphatic rings. The molecule has 0 aliphatic carbocycles. The number of rotatable bonds is 4. The molecule has 0 bridgehead atoms. The second-order valence-electron chi connectivity index (χ2n) is 4.27. The van der Waals surface area contributed by atoms with Crippen LogP contribution >= 0.6 is 22.9 Å². The van der Waals surface area contributed by atoms with Crippen LogP contribution in [0.2, 0.25) is 0 Å². The number of carboxylic acids is 1. The maximum Gasteiger partial charge on any atom is 0.355 e. The minimum Gasteiger partial charge on any atom is -0.476 e. The molecule has 1 atom stereocenters. The molecule has 0 spiro atoms. The predicted molar refractivity (Wildman–Crippen MR) is 80.7 cm³/mol. The monoisotopic (exact) mass is 305 g/mol. The number of carbonyl (C=O) groups is 1. The Labute approximate surface area is 123 Å². The van der Waals surface area contributed by atoms with Crippen molar-refractivity contribution in [1.29, 1.82) is 0 Å². The van der Waals surface area contributed by atoms with Crippen LogP contribution in [-0.4, -0.2) is 20.4 Å². The zero-order valence-corrected chi connectivity index (χ0v) is 12.2. The van der Waals surface area contributed by atoms with Gasteiger partial charge in [0.15, 0.2) is 5.69 Å². The third kappa shape index (κ3) is 2.37. The zero-order valence-electron chi connectivity index (χ0n) is 10.5. The van der Waals surface area contributed by atoms with E-state index in [0.29, 0.717) is 0 Å². The molecule has 3 rings (SSSR count). The normalized spacial score (nSPS) is 12.4. The number of anilines is 1. The van der Waals surface area contributed by atoms with Crippen LogP contribution in [0.4, 0.5) is 5.00 Å². The molecule has 20 heavy (non-hydrogen) atoms. The van der Waals surface area contributed by atoms with Gasteiger partial charge in [0, 0.05) is 10.8 Å². The molecule has 3 aromatic rings. The lowest BCUT2D eigenvalue weighted by molar-refractivity contribution is 0.0691. The van der Waals surface area contributed by atoms with Crippen molar-refractivity contribution in [2.45, 2.75) is 13.0 Å². The van der Waals surface area contributed by atoms with Gasteiger partial charge in [-0.15, -0.1) is 11.3 Å². The molecule has 0 fully saturated rings. The summed E-state index contributed by atoms with van der Waals surface area (Å²) in [4.78, 5) is 15.0. The summed E-state index contributed by atoms with van der Waals surface area (Å²) in [5.74, 6) is -0.997. The lowest BCUT2D eigenvalue weighted by Gasteiger charge is -2.10. The van der Waals surface area contributed by atoms with Crippen LogP contribution in [0.5, 0.6) is 0 Å². The van der Waals surface area contributed by atoms with Crippen molar-refractivity contribution in [2.24, 2.45) is 0 Å². The van der Waals surface area contributed by atoms with E-state index in [0.717, 1.165) is 20.9 Å². The average molecular weight is 305 g/mol. The Morgan fingerprint density at radius 2 is 2.20 bits per heavy atom. The minimum atomic E-state index is -0.997. The largest absolute Gasteiger partial charge is 0.476 e. The van der Waals surface area contributed by atoms with Crippen LogP contribution in [0.1, 0.15) is 28.5 Å². The van der Waals surface area contributed by atoms with Gasteiger partial charge in [-0.25, -0.2) is 9.78 Å². The van der Waals surface area contributed by atoms with Crippen LogP contribution < -0.4 is 5.32 Å². The van der Waals surface area contributed by atoms with Gasteiger partial charge in [-0.2, -0.15) is 4.37 Å². The van der Waals surface area contributed by atoms with Crippen LogP contribution in [0.3, 0.4) is 0 Å². The standard InChI is InChI=1S/C13H11N3O2S2/c1-7(11-15-10(6-19-11)13(17)18)14-12-8-4-2-3-5-9(8)16-20-12/h2-7,14H,1H3,(H,17,18). The van der Waals surface area contributed by atoms with Crippen molar-refractivity contribution in [3.05, 3.63) is 40.3 Å². The van der Waals surface area contributed by atoms with Crippen molar-refractivity contribution in [3.8, 4) is 0 Å². The van der Waals surface area contributed by atoms with Crippen molar-refractivity contribution in [3.63, 3.8) is 0 Å². The molecule has 2 N–H and O–H groups in total. The highest BCUT2D eigenvalue weighted by atomic mass is 32.1. The van der Waals surface area contributed by atoms with E-state index in [2.05, 4.69) is 14.7 Å². The van der Waals surface area contributed by atoms with Crippen LogP contribution in [-0.2, 0) is 0 Å². The number of nitrogens with zero attached hydrogens (tertiary/aromatic N) is 2. The van der Waals surface area contributed by atoms with E-state index in [1.807, 2.05) is 31.2 Å². The van der Waals surface area contributed by atoms with E-state index in [1.54, 1.807) is 5.38 Å². The van der Waals surface area contributed by atoms with Gasteiger partial charge in [0.25, 0.3) is 0 Å². The fourth-order valence-corrected chi connectivity index (χ4v) is 3.49. The van der Waals surface area contributed by atoms with Crippen molar-refractivity contribution >= 4 is 44.7 Å². The molecular formula is C13H11N3O2S2. The average Bonchev–Trinajstić information content (AvgIpc) is 3.06. The fraction of sp³-hybridized carbons (Fsp3) is 0.154.